The van der Waals surface area contributed by atoms with Crippen molar-refractivity contribution in [2.75, 3.05) is 12.4 Å². The maximum Gasteiger partial charge on any atom is 0.170 e. The van der Waals surface area contributed by atoms with Crippen LogP contribution in [0.25, 0.3) is 0 Å². The number of anilines is 1. The molecule has 0 aromatic heterocycles. The Hall–Kier alpha value is -1.33. The third-order valence-electron chi connectivity index (χ3n) is 6.44. The van der Waals surface area contributed by atoms with Crippen LogP contribution in [0.1, 0.15) is 57.8 Å². The van der Waals surface area contributed by atoms with Gasteiger partial charge in [0.25, 0.3) is 0 Å². The van der Waals surface area contributed by atoms with Gasteiger partial charge in [0.1, 0.15) is 5.75 Å². The summed E-state index contributed by atoms with van der Waals surface area (Å²) >= 11 is 5.59. The zero-order valence-corrected chi connectivity index (χ0v) is 16.6. The van der Waals surface area contributed by atoms with Crippen LogP contribution < -0.4 is 15.4 Å². The van der Waals surface area contributed by atoms with Crippen LogP contribution in [0, 0.1) is 0 Å². The van der Waals surface area contributed by atoms with E-state index in [1.807, 2.05) is 24.3 Å². The Morgan fingerprint density at radius 3 is 2.42 bits per heavy atom. The molecule has 2 aliphatic heterocycles. The number of nitrogens with zero attached hydrogens (tertiary/aromatic N) is 1. The summed E-state index contributed by atoms with van der Waals surface area (Å²) in [5.74, 6) is 0.845. The van der Waals surface area contributed by atoms with Gasteiger partial charge in [-0.05, 0) is 62.9 Å². The molecule has 2 bridgehead atoms. The van der Waals surface area contributed by atoms with Gasteiger partial charge in [0, 0.05) is 35.9 Å². The first-order valence-corrected chi connectivity index (χ1v) is 10.6. The summed E-state index contributed by atoms with van der Waals surface area (Å²) in [6, 6.07) is 10.8. The van der Waals surface area contributed by atoms with Gasteiger partial charge in [-0.1, -0.05) is 25.3 Å². The SMILES string of the molecule is COc1cccc(NC(=S)NC2C[C@H]3CCC[C@H](C2)N3C2CCCC2)c1. The Kier molecular flexibility index (Phi) is 5.65. The van der Waals surface area contributed by atoms with Crippen molar-refractivity contribution in [1.82, 2.24) is 10.2 Å². The molecule has 0 spiro atoms. The number of hydrogen-bond donors (Lipinski definition) is 2. The van der Waals surface area contributed by atoms with E-state index < -0.39 is 0 Å². The van der Waals surface area contributed by atoms with Crippen molar-refractivity contribution in [2.24, 2.45) is 0 Å². The fraction of sp³-hybridized carbons (Fsp3) is 0.667. The molecule has 2 heterocycles. The van der Waals surface area contributed by atoms with E-state index in [1.54, 1.807) is 7.11 Å². The normalized spacial score (nSPS) is 29.3. The lowest BCUT2D eigenvalue weighted by Crippen LogP contribution is -2.59. The molecule has 2 atom stereocenters. The summed E-state index contributed by atoms with van der Waals surface area (Å²) < 4.78 is 5.29. The van der Waals surface area contributed by atoms with Crippen LogP contribution in [0.15, 0.2) is 24.3 Å². The highest BCUT2D eigenvalue weighted by molar-refractivity contribution is 7.80. The van der Waals surface area contributed by atoms with Crippen molar-refractivity contribution in [3.63, 3.8) is 0 Å². The number of piperidine rings is 2. The molecule has 0 amide bonds. The van der Waals surface area contributed by atoms with Crippen LogP contribution >= 0.6 is 12.2 Å². The minimum atomic E-state index is 0.494. The average Bonchev–Trinajstić information content (AvgIpc) is 3.15. The van der Waals surface area contributed by atoms with Crippen molar-refractivity contribution >= 4 is 23.0 Å². The molecular weight excluding hydrogens is 342 g/mol. The van der Waals surface area contributed by atoms with Crippen LogP contribution in [0.3, 0.4) is 0 Å². The van der Waals surface area contributed by atoms with Gasteiger partial charge >= 0.3 is 0 Å². The zero-order chi connectivity index (χ0) is 17.9. The molecule has 4 nitrogen and oxygen atoms in total. The number of methoxy groups -OCH3 is 1. The largest absolute Gasteiger partial charge is 0.497 e. The number of nitrogens with one attached hydrogen (secondary N) is 2. The highest BCUT2D eigenvalue weighted by Crippen LogP contribution is 2.39. The van der Waals surface area contributed by atoms with Crippen LogP contribution in [-0.4, -0.2) is 41.3 Å². The van der Waals surface area contributed by atoms with Crippen molar-refractivity contribution in [2.45, 2.75) is 82.0 Å². The van der Waals surface area contributed by atoms with Crippen molar-refractivity contribution in [3.8, 4) is 5.75 Å². The molecule has 2 N–H and O–H groups in total. The Labute approximate surface area is 162 Å². The van der Waals surface area contributed by atoms with Gasteiger partial charge in [-0.2, -0.15) is 0 Å². The molecular formula is C21H31N3OS. The first kappa shape index (κ1) is 18.1. The molecule has 1 aromatic carbocycles. The van der Waals surface area contributed by atoms with Gasteiger partial charge in [-0.3, -0.25) is 4.90 Å². The molecule has 0 radical (unpaired) electrons. The number of benzene rings is 1. The quantitative estimate of drug-likeness (QED) is 0.769. The fourth-order valence-corrected chi connectivity index (χ4v) is 5.67. The summed E-state index contributed by atoms with van der Waals surface area (Å²) in [5, 5.41) is 7.65. The second-order valence-corrected chi connectivity index (χ2v) is 8.53. The van der Waals surface area contributed by atoms with E-state index in [1.165, 1.54) is 57.8 Å². The second-order valence-electron chi connectivity index (χ2n) is 8.12. The van der Waals surface area contributed by atoms with Crippen molar-refractivity contribution in [3.05, 3.63) is 24.3 Å². The molecule has 3 fully saturated rings. The van der Waals surface area contributed by atoms with Crippen LogP contribution in [0.4, 0.5) is 5.69 Å². The van der Waals surface area contributed by atoms with Crippen LogP contribution in [0.2, 0.25) is 0 Å². The minimum absolute atomic E-state index is 0.494. The lowest BCUT2D eigenvalue weighted by molar-refractivity contribution is -0.00596. The van der Waals surface area contributed by atoms with Crippen LogP contribution in [0.5, 0.6) is 5.75 Å². The number of ether oxygens (including phenoxy) is 1. The molecule has 5 heteroatoms. The van der Waals surface area contributed by atoms with Gasteiger partial charge in [-0.15, -0.1) is 0 Å². The summed E-state index contributed by atoms with van der Waals surface area (Å²) in [7, 11) is 1.69. The number of hydrogen-bond acceptors (Lipinski definition) is 3. The van der Waals surface area contributed by atoms with E-state index in [2.05, 4.69) is 15.5 Å². The average molecular weight is 374 g/mol. The minimum Gasteiger partial charge on any atom is -0.497 e. The molecule has 1 aromatic rings. The third-order valence-corrected chi connectivity index (χ3v) is 6.66. The Morgan fingerprint density at radius 2 is 1.73 bits per heavy atom. The zero-order valence-electron chi connectivity index (χ0n) is 15.7. The smallest absolute Gasteiger partial charge is 0.170 e. The maximum absolute atomic E-state index is 5.59. The summed E-state index contributed by atoms with van der Waals surface area (Å²) in [4.78, 5) is 2.91. The summed E-state index contributed by atoms with van der Waals surface area (Å²) in [6.07, 6.45) is 12.3. The molecule has 3 aliphatic rings. The maximum atomic E-state index is 5.59. The Balaban J connectivity index is 1.35. The highest BCUT2D eigenvalue weighted by Gasteiger charge is 2.42. The van der Waals surface area contributed by atoms with Gasteiger partial charge in [0.05, 0.1) is 7.11 Å². The summed E-state index contributed by atoms with van der Waals surface area (Å²) in [5.41, 5.74) is 0.977. The van der Waals surface area contributed by atoms with Crippen molar-refractivity contribution < 1.29 is 4.74 Å². The molecule has 4 rings (SSSR count). The number of thiocarbonyl (C=S) groups is 1. The van der Waals surface area contributed by atoms with E-state index in [-0.39, 0.29) is 0 Å². The lowest BCUT2D eigenvalue weighted by Gasteiger charge is -2.52. The van der Waals surface area contributed by atoms with Gasteiger partial charge < -0.3 is 15.4 Å². The van der Waals surface area contributed by atoms with Gasteiger partial charge in [-0.25, -0.2) is 0 Å². The molecule has 26 heavy (non-hydrogen) atoms. The molecule has 1 aliphatic carbocycles. The highest BCUT2D eigenvalue weighted by atomic mass is 32.1. The molecule has 2 saturated heterocycles. The standard InChI is InChI=1S/C21H31N3OS/c1-25-20-11-4-6-15(14-20)22-21(26)23-16-12-18-9-5-10-19(13-16)24(18)17-7-2-3-8-17/h4,6,11,14,16-19H,2-3,5,7-10,12-13H2,1H3,(H2,22,23,26)/t18-,19-/m1/s1. The van der Waals surface area contributed by atoms with Crippen LogP contribution in [-0.2, 0) is 0 Å². The van der Waals surface area contributed by atoms with Crippen molar-refractivity contribution in [1.29, 1.82) is 0 Å². The Morgan fingerprint density at radius 1 is 1.04 bits per heavy atom. The van der Waals surface area contributed by atoms with E-state index in [0.29, 0.717) is 6.04 Å². The predicted molar refractivity (Wildman–Crippen MR) is 111 cm³/mol. The fourth-order valence-electron chi connectivity index (χ4n) is 5.39. The molecule has 1 saturated carbocycles. The van der Waals surface area contributed by atoms with E-state index in [0.717, 1.165) is 34.7 Å². The third kappa shape index (κ3) is 3.99. The van der Waals surface area contributed by atoms with E-state index in [9.17, 15) is 0 Å². The molecule has 142 valence electrons. The predicted octanol–water partition coefficient (Wildman–Crippen LogP) is 4.31. The number of rotatable bonds is 4. The van der Waals surface area contributed by atoms with Gasteiger partial charge in [0.15, 0.2) is 5.11 Å². The number of fused-ring (bicyclic) bond motifs is 2. The lowest BCUT2D eigenvalue weighted by atomic mass is 9.80. The first-order chi connectivity index (χ1) is 12.7. The Bertz CT molecular complexity index is 617. The summed E-state index contributed by atoms with van der Waals surface area (Å²) in [6.45, 7) is 0. The monoisotopic (exact) mass is 373 g/mol. The van der Waals surface area contributed by atoms with Gasteiger partial charge in [0.2, 0.25) is 0 Å². The van der Waals surface area contributed by atoms with E-state index >= 15 is 0 Å². The second kappa shape index (κ2) is 8.13. The topological polar surface area (TPSA) is 36.5 Å². The first-order valence-electron chi connectivity index (χ1n) is 10.2. The molecule has 0 unspecified atom stereocenters. The van der Waals surface area contributed by atoms with E-state index in [4.69, 9.17) is 17.0 Å².